The molecule has 1 amide bonds. The third-order valence-electron chi connectivity index (χ3n) is 4.81. The van der Waals surface area contributed by atoms with Gasteiger partial charge in [0.25, 0.3) is 0 Å². The van der Waals surface area contributed by atoms with Crippen molar-refractivity contribution in [3.8, 4) is 0 Å². The zero-order valence-electron chi connectivity index (χ0n) is 17.8. The Morgan fingerprint density at radius 3 is 1.48 bits per heavy atom. The van der Waals surface area contributed by atoms with Crippen LogP contribution in [0.4, 0.5) is 0 Å². The molecule has 0 fully saturated rings. The van der Waals surface area contributed by atoms with E-state index >= 15 is 0 Å². The molecule has 0 radical (unpaired) electrons. The summed E-state index contributed by atoms with van der Waals surface area (Å²) >= 11 is 3.89. The zero-order chi connectivity index (χ0) is 19.5. The average molecular weight is 394 g/mol. The van der Waals surface area contributed by atoms with Gasteiger partial charge < -0.3 is 15.2 Å². The van der Waals surface area contributed by atoms with Crippen molar-refractivity contribution >= 4 is 24.5 Å². The van der Waals surface area contributed by atoms with Crippen LogP contribution in [0.3, 0.4) is 0 Å². The number of rotatable bonds is 19. The van der Waals surface area contributed by atoms with E-state index in [1.165, 1.54) is 77.0 Å². The number of carboxylic acids is 1. The van der Waals surface area contributed by atoms with E-state index < -0.39 is 12.0 Å². The zero-order valence-corrected chi connectivity index (χ0v) is 18.7. The van der Waals surface area contributed by atoms with Gasteiger partial charge in [-0.05, 0) is 6.42 Å². The summed E-state index contributed by atoms with van der Waals surface area (Å²) in [6.07, 6.45) is 19.7. The number of thiol groups is 1. The summed E-state index contributed by atoms with van der Waals surface area (Å²) in [6, 6.07) is -0.984. The van der Waals surface area contributed by atoms with Crippen molar-refractivity contribution in [3.63, 3.8) is 0 Å². The fraction of sp³-hybridized carbons (Fsp3) is 0.905. The first-order chi connectivity index (χ1) is 12.6. The molecule has 0 aliphatic carbocycles. The Balaban J connectivity index is 0. The Morgan fingerprint density at radius 2 is 1.15 bits per heavy atom. The molecule has 0 aromatic heterocycles. The van der Waals surface area contributed by atoms with Gasteiger partial charge in [-0.3, -0.25) is 4.79 Å². The average Bonchev–Trinajstić information content (AvgIpc) is 2.62. The maximum absolute atomic E-state index is 11.6. The van der Waals surface area contributed by atoms with E-state index in [9.17, 15) is 14.7 Å². The standard InChI is InChI=1S/C21H41NO3S.Li/c1-2-3-4-5-6-7-8-9-10-11-12-13-14-15-16-17-20(23)22-19(18-26)21(24)25;/h19,26H,2-18H2,1H3,(H,22,23)(H,24,25);/q;+1/p-1/t19-;/m0./s1. The first-order valence-corrected chi connectivity index (χ1v) is 11.4. The van der Waals surface area contributed by atoms with Crippen LogP contribution in [0.25, 0.3) is 0 Å². The molecule has 0 saturated carbocycles. The number of hydrogen-bond acceptors (Lipinski definition) is 4. The van der Waals surface area contributed by atoms with E-state index in [-0.39, 0.29) is 30.5 Å². The van der Waals surface area contributed by atoms with Crippen LogP contribution in [0, 0.1) is 0 Å². The van der Waals surface area contributed by atoms with Crippen LogP contribution in [0.5, 0.6) is 0 Å². The number of aliphatic carboxylic acids is 1. The molecular formula is C21H40LiNO3S. The van der Waals surface area contributed by atoms with Gasteiger partial charge in [0.15, 0.2) is 0 Å². The number of amides is 1. The third kappa shape index (κ3) is 20.4. The fourth-order valence-corrected chi connectivity index (χ4v) is 3.34. The molecule has 1 N–H and O–H groups in total. The molecule has 6 heteroatoms. The Labute approximate surface area is 184 Å². The minimum Gasteiger partial charge on any atom is -0.548 e. The van der Waals surface area contributed by atoms with Crippen molar-refractivity contribution in [2.75, 3.05) is 5.75 Å². The number of hydrogen-bond donors (Lipinski definition) is 2. The number of carbonyl (C=O) groups excluding carboxylic acids is 2. The molecule has 4 nitrogen and oxygen atoms in total. The first-order valence-electron chi connectivity index (χ1n) is 10.7. The maximum Gasteiger partial charge on any atom is 1.00 e. The van der Waals surface area contributed by atoms with E-state index in [0.29, 0.717) is 6.42 Å². The van der Waals surface area contributed by atoms with Gasteiger partial charge in [0, 0.05) is 12.2 Å². The third-order valence-corrected chi connectivity index (χ3v) is 5.17. The van der Waals surface area contributed by atoms with Crippen LogP contribution in [0.15, 0.2) is 0 Å². The molecule has 1 atom stereocenters. The SMILES string of the molecule is CCCCCCCCCCCCCCCCCC(=O)N[C@@H](CS)C(=O)[O-].[Li+]. The van der Waals surface area contributed by atoms with Crippen LogP contribution in [-0.4, -0.2) is 23.7 Å². The summed E-state index contributed by atoms with van der Waals surface area (Å²) < 4.78 is 0. The van der Waals surface area contributed by atoms with Gasteiger partial charge in [0.05, 0.1) is 12.0 Å². The Bertz CT molecular complexity index is 356. The monoisotopic (exact) mass is 393 g/mol. The van der Waals surface area contributed by atoms with Crippen LogP contribution >= 0.6 is 12.6 Å². The summed E-state index contributed by atoms with van der Waals surface area (Å²) in [6.45, 7) is 2.26. The summed E-state index contributed by atoms with van der Waals surface area (Å²) in [4.78, 5) is 22.3. The quantitative estimate of drug-likeness (QED) is 0.198. The number of nitrogens with one attached hydrogen (secondary N) is 1. The number of unbranched alkanes of at least 4 members (excludes halogenated alkanes) is 14. The molecule has 0 aliphatic heterocycles. The second-order valence-corrected chi connectivity index (χ2v) is 7.69. The van der Waals surface area contributed by atoms with Crippen LogP contribution in [0.1, 0.15) is 110 Å². The molecule has 0 aromatic carbocycles. The molecule has 0 unspecified atom stereocenters. The summed E-state index contributed by atoms with van der Waals surface area (Å²) in [5.74, 6) is -1.43. The molecule has 0 aliphatic rings. The Kier molecular flexibility index (Phi) is 23.9. The summed E-state index contributed by atoms with van der Waals surface area (Å²) in [5, 5.41) is 13.1. The predicted molar refractivity (Wildman–Crippen MR) is 110 cm³/mol. The molecule has 0 rings (SSSR count). The van der Waals surface area contributed by atoms with E-state index in [2.05, 4.69) is 24.9 Å². The van der Waals surface area contributed by atoms with Crippen molar-refractivity contribution in [1.29, 1.82) is 0 Å². The molecule has 0 heterocycles. The van der Waals surface area contributed by atoms with Gasteiger partial charge in [-0.1, -0.05) is 96.8 Å². The molecule has 0 spiro atoms. The number of carbonyl (C=O) groups is 2. The molecule has 154 valence electrons. The molecule has 0 bridgehead atoms. The molecule has 0 saturated heterocycles. The predicted octanol–water partition coefficient (Wildman–Crippen LogP) is 1.42. The van der Waals surface area contributed by atoms with Crippen molar-refractivity contribution in [1.82, 2.24) is 5.32 Å². The second-order valence-electron chi connectivity index (χ2n) is 7.32. The van der Waals surface area contributed by atoms with Gasteiger partial charge in [-0.2, -0.15) is 12.6 Å². The van der Waals surface area contributed by atoms with Gasteiger partial charge in [0.2, 0.25) is 5.91 Å². The van der Waals surface area contributed by atoms with E-state index in [4.69, 9.17) is 0 Å². The maximum atomic E-state index is 11.6. The number of carboxylic acid groups (broad SMARTS) is 1. The van der Waals surface area contributed by atoms with Gasteiger partial charge in [-0.25, -0.2) is 0 Å². The van der Waals surface area contributed by atoms with Crippen molar-refractivity contribution in [2.24, 2.45) is 0 Å². The van der Waals surface area contributed by atoms with E-state index in [1.807, 2.05) is 0 Å². The molecule has 0 aromatic rings. The van der Waals surface area contributed by atoms with Crippen LogP contribution in [-0.2, 0) is 9.59 Å². The topological polar surface area (TPSA) is 69.2 Å². The minimum atomic E-state index is -1.27. The van der Waals surface area contributed by atoms with Crippen LogP contribution in [0.2, 0.25) is 0 Å². The minimum absolute atomic E-state index is 0. The second kappa shape index (κ2) is 22.2. The van der Waals surface area contributed by atoms with Gasteiger partial charge in [0.1, 0.15) is 0 Å². The van der Waals surface area contributed by atoms with E-state index in [1.54, 1.807) is 0 Å². The van der Waals surface area contributed by atoms with Crippen LogP contribution < -0.4 is 29.3 Å². The normalized spacial score (nSPS) is 11.6. The summed E-state index contributed by atoms with van der Waals surface area (Å²) in [5.41, 5.74) is 0. The molecule has 27 heavy (non-hydrogen) atoms. The van der Waals surface area contributed by atoms with Crippen molar-refractivity contribution in [2.45, 2.75) is 116 Å². The largest absolute Gasteiger partial charge is 1.00 e. The Hall–Kier alpha value is -0.113. The first kappa shape index (κ1) is 29.1. The Morgan fingerprint density at radius 1 is 0.778 bits per heavy atom. The van der Waals surface area contributed by atoms with Gasteiger partial charge >= 0.3 is 18.9 Å². The molecular weight excluding hydrogens is 353 g/mol. The smallest absolute Gasteiger partial charge is 0.548 e. The fourth-order valence-electron chi connectivity index (χ4n) is 3.10. The van der Waals surface area contributed by atoms with Crippen molar-refractivity contribution < 1.29 is 33.6 Å². The van der Waals surface area contributed by atoms with Gasteiger partial charge in [-0.15, -0.1) is 0 Å². The van der Waals surface area contributed by atoms with E-state index in [0.717, 1.165) is 19.3 Å². The van der Waals surface area contributed by atoms with Crippen molar-refractivity contribution in [3.05, 3.63) is 0 Å². The summed E-state index contributed by atoms with van der Waals surface area (Å²) in [7, 11) is 0.